The normalized spacial score (nSPS) is 11.2. The number of amides is 1. The van der Waals surface area contributed by atoms with Crippen LogP contribution in [0.15, 0.2) is 59.5 Å². The fourth-order valence-electron chi connectivity index (χ4n) is 2.61. The summed E-state index contributed by atoms with van der Waals surface area (Å²) in [7, 11) is -3.84. The second-order valence-corrected chi connectivity index (χ2v) is 7.59. The van der Waals surface area contributed by atoms with Gasteiger partial charge in [0.15, 0.2) is 0 Å². The Hall–Kier alpha value is -2.34. The minimum atomic E-state index is -3.84. The van der Waals surface area contributed by atoms with Crippen LogP contribution in [0.2, 0.25) is 0 Å². The molecule has 2 aromatic rings. The minimum absolute atomic E-state index is 0.184. The van der Waals surface area contributed by atoms with E-state index in [1.165, 1.54) is 4.31 Å². The molecule has 0 saturated carbocycles. The number of sulfonamides is 1. The number of carbonyl (C=O) groups is 1. The van der Waals surface area contributed by atoms with Gasteiger partial charge in [-0.1, -0.05) is 30.3 Å². The Balaban J connectivity index is 2.46. The van der Waals surface area contributed by atoms with Crippen molar-refractivity contribution in [1.29, 1.82) is 0 Å². The summed E-state index contributed by atoms with van der Waals surface area (Å²) in [6.07, 6.45) is 0. The van der Waals surface area contributed by atoms with Gasteiger partial charge >= 0.3 is 0 Å². The number of carbonyl (C=O) groups excluding carboxylic acids is 1. The van der Waals surface area contributed by atoms with E-state index in [-0.39, 0.29) is 17.3 Å². The van der Waals surface area contributed by atoms with Crippen LogP contribution in [0.3, 0.4) is 0 Å². The third kappa shape index (κ3) is 4.39. The maximum atomic E-state index is 13.2. The molecule has 25 heavy (non-hydrogen) atoms. The number of likely N-dealkylation sites (N-methyl/N-ethyl adjacent to an activating group) is 1. The van der Waals surface area contributed by atoms with Gasteiger partial charge in [-0.15, -0.1) is 0 Å². The number of hydrogen-bond donors (Lipinski definition) is 0. The van der Waals surface area contributed by atoms with E-state index >= 15 is 0 Å². The molecule has 0 saturated heterocycles. The standard InChI is InChI=1S/C19H24N2O3S/c1-4-20(5-2)19(22)15-21(17-11-7-6-8-12-17)25(23,24)18-13-9-10-16(3)14-18/h6-14H,4-5,15H2,1-3H3. The summed E-state index contributed by atoms with van der Waals surface area (Å²) < 4.78 is 27.5. The molecule has 0 aromatic heterocycles. The van der Waals surface area contributed by atoms with Crippen molar-refractivity contribution in [3.63, 3.8) is 0 Å². The maximum Gasteiger partial charge on any atom is 0.264 e. The first-order valence-electron chi connectivity index (χ1n) is 8.32. The average molecular weight is 360 g/mol. The first kappa shape index (κ1) is 19.0. The number of para-hydroxylation sites is 1. The van der Waals surface area contributed by atoms with Gasteiger partial charge in [-0.25, -0.2) is 8.42 Å². The molecular formula is C19H24N2O3S. The van der Waals surface area contributed by atoms with Gasteiger partial charge in [-0.3, -0.25) is 9.10 Å². The van der Waals surface area contributed by atoms with Gasteiger partial charge in [0, 0.05) is 13.1 Å². The summed E-state index contributed by atoms with van der Waals surface area (Å²) in [4.78, 5) is 14.4. The summed E-state index contributed by atoms with van der Waals surface area (Å²) >= 11 is 0. The van der Waals surface area contributed by atoms with Crippen molar-refractivity contribution in [3.05, 3.63) is 60.2 Å². The number of anilines is 1. The molecule has 0 aliphatic rings. The molecule has 0 bridgehead atoms. The van der Waals surface area contributed by atoms with Gasteiger partial charge in [0.1, 0.15) is 6.54 Å². The number of benzene rings is 2. The monoisotopic (exact) mass is 360 g/mol. The minimum Gasteiger partial charge on any atom is -0.342 e. The highest BCUT2D eigenvalue weighted by molar-refractivity contribution is 7.92. The largest absolute Gasteiger partial charge is 0.342 e. The van der Waals surface area contributed by atoms with Crippen LogP contribution in [-0.4, -0.2) is 38.9 Å². The second-order valence-electron chi connectivity index (χ2n) is 5.73. The van der Waals surface area contributed by atoms with Crippen LogP contribution in [0, 0.1) is 6.92 Å². The SMILES string of the molecule is CCN(CC)C(=O)CN(c1ccccc1)S(=O)(=O)c1cccc(C)c1. The molecule has 0 N–H and O–H groups in total. The van der Waals surface area contributed by atoms with E-state index < -0.39 is 10.0 Å². The number of aryl methyl sites for hydroxylation is 1. The van der Waals surface area contributed by atoms with Crippen molar-refractivity contribution >= 4 is 21.6 Å². The molecule has 0 aliphatic carbocycles. The third-order valence-electron chi connectivity index (χ3n) is 4.02. The zero-order valence-corrected chi connectivity index (χ0v) is 15.7. The van der Waals surface area contributed by atoms with Crippen LogP contribution in [0.1, 0.15) is 19.4 Å². The van der Waals surface area contributed by atoms with E-state index in [4.69, 9.17) is 0 Å². The third-order valence-corrected chi connectivity index (χ3v) is 5.79. The van der Waals surface area contributed by atoms with E-state index in [0.717, 1.165) is 5.56 Å². The van der Waals surface area contributed by atoms with Crippen molar-refractivity contribution < 1.29 is 13.2 Å². The lowest BCUT2D eigenvalue weighted by Gasteiger charge is -2.27. The molecule has 0 radical (unpaired) electrons. The lowest BCUT2D eigenvalue weighted by Crippen LogP contribution is -2.43. The van der Waals surface area contributed by atoms with Crippen molar-refractivity contribution in [1.82, 2.24) is 4.90 Å². The fourth-order valence-corrected chi connectivity index (χ4v) is 4.13. The molecule has 0 unspecified atom stereocenters. The average Bonchev–Trinajstić information content (AvgIpc) is 2.61. The summed E-state index contributed by atoms with van der Waals surface area (Å²) in [5.74, 6) is -0.218. The molecule has 2 aromatic carbocycles. The lowest BCUT2D eigenvalue weighted by atomic mass is 10.2. The van der Waals surface area contributed by atoms with Crippen LogP contribution in [0.25, 0.3) is 0 Å². The molecule has 1 amide bonds. The number of hydrogen-bond acceptors (Lipinski definition) is 3. The van der Waals surface area contributed by atoms with Crippen LogP contribution in [0.4, 0.5) is 5.69 Å². The van der Waals surface area contributed by atoms with Crippen LogP contribution >= 0.6 is 0 Å². The van der Waals surface area contributed by atoms with Crippen LogP contribution in [-0.2, 0) is 14.8 Å². The fraction of sp³-hybridized carbons (Fsp3) is 0.316. The predicted molar refractivity (Wildman–Crippen MR) is 100 cm³/mol. The number of rotatable bonds is 7. The molecule has 2 rings (SSSR count). The Morgan fingerprint density at radius 3 is 2.16 bits per heavy atom. The zero-order chi connectivity index (χ0) is 18.4. The quantitative estimate of drug-likeness (QED) is 0.762. The molecule has 0 fully saturated rings. The Labute approximate surface area is 149 Å². The molecular weight excluding hydrogens is 336 g/mol. The number of nitrogens with zero attached hydrogens (tertiary/aromatic N) is 2. The molecule has 134 valence electrons. The zero-order valence-electron chi connectivity index (χ0n) is 14.8. The van der Waals surface area contributed by atoms with E-state index in [1.54, 1.807) is 47.4 Å². The first-order chi connectivity index (χ1) is 11.9. The molecule has 0 spiro atoms. The van der Waals surface area contributed by atoms with Crippen molar-refractivity contribution in [2.45, 2.75) is 25.7 Å². The van der Waals surface area contributed by atoms with Gasteiger partial charge in [0.05, 0.1) is 10.6 Å². The van der Waals surface area contributed by atoms with E-state index in [2.05, 4.69) is 0 Å². The Morgan fingerprint density at radius 1 is 0.960 bits per heavy atom. The molecule has 5 nitrogen and oxygen atoms in total. The van der Waals surface area contributed by atoms with Gasteiger partial charge in [0.2, 0.25) is 5.91 Å². The van der Waals surface area contributed by atoms with Crippen molar-refractivity contribution in [2.75, 3.05) is 23.9 Å². The van der Waals surface area contributed by atoms with Crippen LogP contribution in [0.5, 0.6) is 0 Å². The molecule has 0 aliphatic heterocycles. The highest BCUT2D eigenvalue weighted by atomic mass is 32.2. The van der Waals surface area contributed by atoms with E-state index in [9.17, 15) is 13.2 Å². The lowest BCUT2D eigenvalue weighted by molar-refractivity contribution is -0.129. The Kier molecular flexibility index (Phi) is 6.20. The summed E-state index contributed by atoms with van der Waals surface area (Å²) in [6.45, 7) is 6.46. The summed E-state index contributed by atoms with van der Waals surface area (Å²) in [6, 6.07) is 15.4. The smallest absolute Gasteiger partial charge is 0.264 e. The summed E-state index contributed by atoms with van der Waals surface area (Å²) in [5.41, 5.74) is 1.33. The summed E-state index contributed by atoms with van der Waals surface area (Å²) in [5, 5.41) is 0. The van der Waals surface area contributed by atoms with E-state index in [1.807, 2.05) is 32.9 Å². The Morgan fingerprint density at radius 2 is 1.60 bits per heavy atom. The topological polar surface area (TPSA) is 57.7 Å². The molecule has 6 heteroatoms. The maximum absolute atomic E-state index is 13.2. The van der Waals surface area contributed by atoms with Gasteiger partial charge in [-0.05, 0) is 50.6 Å². The highest BCUT2D eigenvalue weighted by Crippen LogP contribution is 2.24. The highest BCUT2D eigenvalue weighted by Gasteiger charge is 2.28. The first-order valence-corrected chi connectivity index (χ1v) is 9.76. The van der Waals surface area contributed by atoms with Crippen LogP contribution < -0.4 is 4.31 Å². The Bertz CT molecular complexity index is 816. The predicted octanol–water partition coefficient (Wildman–Crippen LogP) is 3.06. The van der Waals surface area contributed by atoms with Gasteiger partial charge < -0.3 is 4.90 Å². The van der Waals surface area contributed by atoms with E-state index in [0.29, 0.717) is 18.8 Å². The molecule has 0 atom stereocenters. The van der Waals surface area contributed by atoms with Crippen molar-refractivity contribution in [2.24, 2.45) is 0 Å². The van der Waals surface area contributed by atoms with Crippen molar-refractivity contribution in [3.8, 4) is 0 Å². The van der Waals surface area contributed by atoms with Gasteiger partial charge in [-0.2, -0.15) is 0 Å². The van der Waals surface area contributed by atoms with Gasteiger partial charge in [0.25, 0.3) is 10.0 Å². The second kappa shape index (κ2) is 8.16. The molecule has 0 heterocycles.